The maximum Gasteiger partial charge on any atom is 0.227 e. The van der Waals surface area contributed by atoms with Crippen molar-refractivity contribution in [1.82, 2.24) is 4.90 Å². The van der Waals surface area contributed by atoms with Crippen LogP contribution in [0.5, 0.6) is 0 Å². The average Bonchev–Trinajstić information content (AvgIpc) is 2.27. The number of amides is 1. The fourth-order valence-corrected chi connectivity index (χ4v) is 2.59. The topological polar surface area (TPSA) is 44.1 Å². The van der Waals surface area contributed by atoms with Gasteiger partial charge < -0.3 is 4.90 Å². The lowest BCUT2D eigenvalue weighted by Crippen LogP contribution is -2.48. The van der Waals surface area contributed by atoms with Gasteiger partial charge in [-0.05, 0) is 19.1 Å². The van der Waals surface area contributed by atoms with Crippen molar-refractivity contribution in [3.63, 3.8) is 0 Å². The van der Waals surface area contributed by atoms with E-state index in [1.54, 1.807) is 11.8 Å². The van der Waals surface area contributed by atoms with Crippen molar-refractivity contribution < 1.29 is 4.79 Å². The molecule has 1 rings (SSSR count). The van der Waals surface area contributed by atoms with Crippen molar-refractivity contribution >= 4 is 17.7 Å². The fraction of sp³-hybridized carbons (Fsp3) is 0.833. The van der Waals surface area contributed by atoms with Gasteiger partial charge in [0.15, 0.2) is 0 Å². The van der Waals surface area contributed by atoms with Gasteiger partial charge in [-0.3, -0.25) is 4.79 Å². The van der Waals surface area contributed by atoms with Crippen LogP contribution in [-0.2, 0) is 4.79 Å². The Morgan fingerprint density at radius 1 is 1.38 bits per heavy atom. The summed E-state index contributed by atoms with van der Waals surface area (Å²) in [5, 5.41) is 9.15. The number of likely N-dealkylation sites (tertiary alicyclic amines) is 1. The molecule has 1 heterocycles. The summed E-state index contributed by atoms with van der Waals surface area (Å²) < 4.78 is -0.269. The first-order chi connectivity index (χ1) is 7.34. The quantitative estimate of drug-likeness (QED) is 0.706. The molecule has 90 valence electrons. The summed E-state index contributed by atoms with van der Waals surface area (Å²) in [6.45, 7) is 7.25. The van der Waals surface area contributed by atoms with Gasteiger partial charge in [-0.15, -0.1) is 11.8 Å². The van der Waals surface area contributed by atoms with Crippen molar-refractivity contribution in [2.24, 2.45) is 5.41 Å². The lowest BCUT2D eigenvalue weighted by atomic mass is 9.91. The number of carbonyl (C=O) groups is 1. The van der Waals surface area contributed by atoms with Crippen molar-refractivity contribution in [2.45, 2.75) is 38.4 Å². The van der Waals surface area contributed by atoms with E-state index in [0.29, 0.717) is 13.1 Å². The Kier molecular flexibility index (Phi) is 3.90. The molecule has 0 aromatic carbocycles. The molecule has 3 nitrogen and oxygen atoms in total. The third-order valence-electron chi connectivity index (χ3n) is 3.09. The highest BCUT2D eigenvalue weighted by Gasteiger charge is 2.37. The molecule has 16 heavy (non-hydrogen) atoms. The first-order valence-electron chi connectivity index (χ1n) is 5.60. The third kappa shape index (κ3) is 2.70. The molecule has 0 aromatic heterocycles. The van der Waals surface area contributed by atoms with E-state index >= 15 is 0 Å². The standard InChI is InChI=1S/C12H20N2OS/c1-11(2,3)10(15)14-7-5-12(9-13,16-4)6-8-14/h5-8H2,1-4H3. The second-order valence-corrected chi connectivity index (χ2v) is 6.54. The molecule has 4 heteroatoms. The summed E-state index contributed by atoms with van der Waals surface area (Å²) in [7, 11) is 0. The second kappa shape index (κ2) is 4.67. The number of nitriles is 1. The van der Waals surface area contributed by atoms with Crippen LogP contribution in [0.15, 0.2) is 0 Å². The highest BCUT2D eigenvalue weighted by molar-refractivity contribution is 8.00. The lowest BCUT2D eigenvalue weighted by molar-refractivity contribution is -0.140. The normalized spacial score (nSPS) is 20.3. The molecule has 1 saturated heterocycles. The third-order valence-corrected chi connectivity index (χ3v) is 4.38. The Bertz CT molecular complexity index is 306. The SMILES string of the molecule is CSC1(C#N)CCN(C(=O)C(C)(C)C)CC1. The molecule has 0 atom stereocenters. The van der Waals surface area contributed by atoms with Gasteiger partial charge in [0.1, 0.15) is 4.75 Å². The van der Waals surface area contributed by atoms with Gasteiger partial charge in [0.2, 0.25) is 5.91 Å². The molecule has 0 saturated carbocycles. The van der Waals surface area contributed by atoms with Crippen molar-refractivity contribution in [2.75, 3.05) is 19.3 Å². The van der Waals surface area contributed by atoms with Crippen LogP contribution in [0.2, 0.25) is 0 Å². The zero-order valence-corrected chi connectivity index (χ0v) is 11.4. The first kappa shape index (κ1) is 13.4. The van der Waals surface area contributed by atoms with Gasteiger partial charge in [-0.25, -0.2) is 0 Å². The van der Waals surface area contributed by atoms with Crippen LogP contribution in [0.3, 0.4) is 0 Å². The summed E-state index contributed by atoms with van der Waals surface area (Å²) in [4.78, 5) is 13.9. The van der Waals surface area contributed by atoms with Gasteiger partial charge in [0, 0.05) is 18.5 Å². The van der Waals surface area contributed by atoms with Gasteiger partial charge >= 0.3 is 0 Å². The van der Waals surface area contributed by atoms with E-state index in [-0.39, 0.29) is 16.1 Å². The van der Waals surface area contributed by atoms with Crippen LogP contribution in [-0.4, -0.2) is 34.9 Å². The van der Waals surface area contributed by atoms with Gasteiger partial charge in [0.25, 0.3) is 0 Å². The van der Waals surface area contributed by atoms with Gasteiger partial charge in [-0.1, -0.05) is 20.8 Å². The minimum atomic E-state index is -0.313. The summed E-state index contributed by atoms with van der Waals surface area (Å²) in [5.41, 5.74) is -0.313. The highest BCUT2D eigenvalue weighted by atomic mass is 32.2. The predicted octanol–water partition coefficient (Wildman–Crippen LogP) is 2.28. The zero-order chi connectivity index (χ0) is 12.4. The van der Waals surface area contributed by atoms with E-state index in [4.69, 9.17) is 5.26 Å². The number of carbonyl (C=O) groups excluding carboxylic acids is 1. The van der Waals surface area contributed by atoms with Crippen LogP contribution in [0, 0.1) is 16.7 Å². The minimum Gasteiger partial charge on any atom is -0.342 e. The van der Waals surface area contributed by atoms with Gasteiger partial charge in [-0.2, -0.15) is 5.26 Å². The maximum atomic E-state index is 12.0. The maximum absolute atomic E-state index is 12.0. The lowest BCUT2D eigenvalue weighted by Gasteiger charge is -2.38. The van der Waals surface area contributed by atoms with E-state index in [1.165, 1.54) is 0 Å². The molecular weight excluding hydrogens is 220 g/mol. The number of hydrogen-bond donors (Lipinski definition) is 0. The molecule has 0 unspecified atom stereocenters. The summed E-state index contributed by atoms with van der Waals surface area (Å²) in [5.74, 6) is 0.195. The predicted molar refractivity (Wildman–Crippen MR) is 67.1 cm³/mol. The Hall–Kier alpha value is -0.690. The van der Waals surface area contributed by atoms with E-state index in [1.807, 2.05) is 31.9 Å². The Balaban J connectivity index is 2.63. The Morgan fingerprint density at radius 2 is 1.88 bits per heavy atom. The largest absolute Gasteiger partial charge is 0.342 e. The number of rotatable bonds is 1. The van der Waals surface area contributed by atoms with Crippen LogP contribution >= 0.6 is 11.8 Å². The van der Waals surface area contributed by atoms with Gasteiger partial charge in [0.05, 0.1) is 6.07 Å². The average molecular weight is 240 g/mol. The number of hydrogen-bond acceptors (Lipinski definition) is 3. The van der Waals surface area contributed by atoms with Crippen molar-refractivity contribution in [3.05, 3.63) is 0 Å². The summed E-state index contributed by atoms with van der Waals surface area (Å²) in [6.07, 6.45) is 3.55. The molecule has 1 aliphatic rings. The first-order valence-corrected chi connectivity index (χ1v) is 6.83. The molecule has 1 amide bonds. The minimum absolute atomic E-state index is 0.195. The highest BCUT2D eigenvalue weighted by Crippen LogP contribution is 2.34. The van der Waals surface area contributed by atoms with E-state index < -0.39 is 0 Å². The molecule has 0 spiro atoms. The Labute approximate surface area is 102 Å². The molecule has 0 radical (unpaired) electrons. The van der Waals surface area contributed by atoms with E-state index in [0.717, 1.165) is 12.8 Å². The molecular formula is C12H20N2OS. The van der Waals surface area contributed by atoms with Crippen LogP contribution in [0.4, 0.5) is 0 Å². The number of piperidine rings is 1. The number of thioether (sulfide) groups is 1. The smallest absolute Gasteiger partial charge is 0.227 e. The second-order valence-electron chi connectivity index (χ2n) is 5.35. The molecule has 0 aliphatic carbocycles. The van der Waals surface area contributed by atoms with Crippen molar-refractivity contribution in [3.8, 4) is 6.07 Å². The van der Waals surface area contributed by atoms with E-state index in [2.05, 4.69) is 6.07 Å². The summed E-state index contributed by atoms with van der Waals surface area (Å²) in [6, 6.07) is 2.39. The molecule has 0 N–H and O–H groups in total. The van der Waals surface area contributed by atoms with E-state index in [9.17, 15) is 4.79 Å². The van der Waals surface area contributed by atoms with Crippen LogP contribution in [0.25, 0.3) is 0 Å². The molecule has 0 bridgehead atoms. The molecule has 1 aliphatic heterocycles. The Morgan fingerprint density at radius 3 is 2.19 bits per heavy atom. The molecule has 0 aromatic rings. The van der Waals surface area contributed by atoms with Crippen LogP contribution < -0.4 is 0 Å². The summed E-state index contributed by atoms with van der Waals surface area (Å²) >= 11 is 1.62. The van der Waals surface area contributed by atoms with Crippen LogP contribution in [0.1, 0.15) is 33.6 Å². The monoisotopic (exact) mass is 240 g/mol. The zero-order valence-electron chi connectivity index (χ0n) is 10.5. The number of nitrogens with zero attached hydrogens (tertiary/aromatic N) is 2. The molecule has 1 fully saturated rings. The van der Waals surface area contributed by atoms with Crippen molar-refractivity contribution in [1.29, 1.82) is 5.26 Å². The fourth-order valence-electron chi connectivity index (χ4n) is 1.91.